The molecule has 0 aliphatic heterocycles. The molecule has 0 fully saturated rings. The zero-order valence-corrected chi connectivity index (χ0v) is 12.5. The Hall–Kier alpha value is -0.810. The number of hydrogen-bond donors (Lipinski definition) is 2. The fraction of sp³-hybridized carbons (Fsp3) is 0.462. The predicted octanol–water partition coefficient (Wildman–Crippen LogP) is 2.09. The molecule has 0 saturated carbocycles. The van der Waals surface area contributed by atoms with E-state index in [1.54, 1.807) is 18.2 Å². The quantitative estimate of drug-likeness (QED) is 0.846. The molecule has 0 unspecified atom stereocenters. The highest BCUT2D eigenvalue weighted by Crippen LogP contribution is 2.26. The Morgan fingerprint density at radius 3 is 2.74 bits per heavy atom. The van der Waals surface area contributed by atoms with Crippen LogP contribution >= 0.6 is 23.2 Å². The van der Waals surface area contributed by atoms with Crippen LogP contribution in [0.5, 0.6) is 0 Å². The highest BCUT2D eigenvalue weighted by molar-refractivity contribution is 6.35. The summed E-state index contributed by atoms with van der Waals surface area (Å²) in [7, 11) is 1.87. The van der Waals surface area contributed by atoms with Gasteiger partial charge in [-0.2, -0.15) is 0 Å². The van der Waals surface area contributed by atoms with Crippen molar-refractivity contribution in [2.75, 3.05) is 26.7 Å². The van der Waals surface area contributed by atoms with E-state index in [4.69, 9.17) is 23.2 Å². The van der Waals surface area contributed by atoms with Gasteiger partial charge in [-0.05, 0) is 19.2 Å². The summed E-state index contributed by atoms with van der Waals surface area (Å²) in [5.74, 6) is -0.0605. The Balaban J connectivity index is 2.49. The number of nitrogens with zero attached hydrogens (tertiary/aromatic N) is 1. The van der Waals surface area contributed by atoms with Crippen LogP contribution in [0.2, 0.25) is 10.0 Å². The number of carbonyl (C=O) groups is 1. The SMILES string of the molecule is CC(=O)NCCN(C)C[C@@H](O)c1ccc(Cl)cc1Cl. The highest BCUT2D eigenvalue weighted by Gasteiger charge is 2.14. The summed E-state index contributed by atoms with van der Waals surface area (Å²) in [4.78, 5) is 12.7. The van der Waals surface area contributed by atoms with Gasteiger partial charge in [-0.1, -0.05) is 29.3 Å². The maximum absolute atomic E-state index is 10.7. The highest BCUT2D eigenvalue weighted by atomic mass is 35.5. The monoisotopic (exact) mass is 304 g/mol. The standard InChI is InChI=1S/C13H18Cl2N2O2/c1-9(18)16-5-6-17(2)8-13(19)11-4-3-10(14)7-12(11)15/h3-4,7,13,19H,5-6,8H2,1-2H3,(H,16,18)/t13-/m1/s1. The zero-order valence-electron chi connectivity index (χ0n) is 11.0. The maximum Gasteiger partial charge on any atom is 0.216 e. The minimum Gasteiger partial charge on any atom is -0.387 e. The number of amides is 1. The second kappa shape index (κ2) is 7.70. The van der Waals surface area contributed by atoms with Crippen molar-refractivity contribution >= 4 is 29.1 Å². The minimum absolute atomic E-state index is 0.0605. The molecule has 1 rings (SSSR count). The summed E-state index contributed by atoms with van der Waals surface area (Å²) in [6, 6.07) is 5.03. The van der Waals surface area contributed by atoms with Gasteiger partial charge in [-0.15, -0.1) is 0 Å². The number of rotatable bonds is 6. The second-order valence-corrected chi connectivity index (χ2v) is 5.27. The third-order valence-electron chi connectivity index (χ3n) is 2.67. The molecule has 1 amide bonds. The first-order chi connectivity index (χ1) is 8.90. The minimum atomic E-state index is -0.688. The molecule has 0 radical (unpaired) electrons. The van der Waals surface area contributed by atoms with Crippen molar-refractivity contribution < 1.29 is 9.90 Å². The molecule has 1 atom stereocenters. The topological polar surface area (TPSA) is 52.6 Å². The fourth-order valence-electron chi connectivity index (χ4n) is 1.68. The van der Waals surface area contributed by atoms with E-state index in [1.807, 2.05) is 11.9 Å². The van der Waals surface area contributed by atoms with Crippen molar-refractivity contribution in [3.63, 3.8) is 0 Å². The van der Waals surface area contributed by atoms with Gasteiger partial charge < -0.3 is 15.3 Å². The van der Waals surface area contributed by atoms with Crippen LogP contribution in [0.15, 0.2) is 18.2 Å². The van der Waals surface area contributed by atoms with Crippen molar-refractivity contribution in [3.05, 3.63) is 33.8 Å². The lowest BCUT2D eigenvalue weighted by Gasteiger charge is -2.21. The molecule has 0 bridgehead atoms. The van der Waals surface area contributed by atoms with E-state index in [0.29, 0.717) is 35.2 Å². The molecule has 1 aromatic carbocycles. The fourth-order valence-corrected chi connectivity index (χ4v) is 2.21. The predicted molar refractivity (Wildman–Crippen MR) is 77.6 cm³/mol. The van der Waals surface area contributed by atoms with E-state index in [-0.39, 0.29) is 5.91 Å². The van der Waals surface area contributed by atoms with E-state index >= 15 is 0 Å². The van der Waals surface area contributed by atoms with Gasteiger partial charge in [-0.3, -0.25) is 4.79 Å². The van der Waals surface area contributed by atoms with Crippen molar-refractivity contribution in [2.45, 2.75) is 13.0 Å². The molecular weight excluding hydrogens is 287 g/mol. The largest absolute Gasteiger partial charge is 0.387 e. The molecule has 0 aliphatic rings. The number of aliphatic hydroxyl groups is 1. The average molecular weight is 305 g/mol. The van der Waals surface area contributed by atoms with Crippen LogP contribution in [-0.4, -0.2) is 42.6 Å². The van der Waals surface area contributed by atoms with E-state index in [9.17, 15) is 9.90 Å². The Bertz CT molecular complexity index is 441. The summed E-state index contributed by atoms with van der Waals surface area (Å²) < 4.78 is 0. The molecule has 0 aromatic heterocycles. The van der Waals surface area contributed by atoms with Crippen LogP contribution in [0.25, 0.3) is 0 Å². The van der Waals surface area contributed by atoms with Gasteiger partial charge in [0.25, 0.3) is 0 Å². The average Bonchev–Trinajstić information content (AvgIpc) is 2.27. The van der Waals surface area contributed by atoms with E-state index < -0.39 is 6.10 Å². The lowest BCUT2D eigenvalue weighted by Crippen LogP contribution is -2.33. The Morgan fingerprint density at radius 1 is 1.47 bits per heavy atom. The van der Waals surface area contributed by atoms with Crippen LogP contribution in [0.1, 0.15) is 18.6 Å². The van der Waals surface area contributed by atoms with Crippen molar-refractivity contribution in [1.82, 2.24) is 10.2 Å². The third kappa shape index (κ3) is 5.78. The first kappa shape index (κ1) is 16.2. The number of benzene rings is 1. The number of carbonyl (C=O) groups excluding carboxylic acids is 1. The van der Waals surface area contributed by atoms with Gasteiger partial charge in [0, 0.05) is 42.2 Å². The third-order valence-corrected chi connectivity index (χ3v) is 3.24. The van der Waals surface area contributed by atoms with Gasteiger partial charge in [0.05, 0.1) is 6.10 Å². The molecular formula is C13H18Cl2N2O2. The molecule has 4 nitrogen and oxygen atoms in total. The number of halogens is 2. The van der Waals surface area contributed by atoms with Gasteiger partial charge >= 0.3 is 0 Å². The number of hydrogen-bond acceptors (Lipinski definition) is 3. The van der Waals surface area contributed by atoms with Crippen LogP contribution in [0, 0.1) is 0 Å². The van der Waals surface area contributed by atoms with E-state index in [2.05, 4.69) is 5.32 Å². The Morgan fingerprint density at radius 2 is 2.16 bits per heavy atom. The summed E-state index contributed by atoms with van der Waals surface area (Å²) in [6.45, 7) is 3.11. The molecule has 19 heavy (non-hydrogen) atoms. The zero-order chi connectivity index (χ0) is 14.4. The number of nitrogens with one attached hydrogen (secondary N) is 1. The summed E-state index contributed by atoms with van der Waals surface area (Å²) >= 11 is 11.8. The lowest BCUT2D eigenvalue weighted by molar-refractivity contribution is -0.119. The Labute approximate surface area is 123 Å². The van der Waals surface area contributed by atoms with E-state index in [0.717, 1.165) is 0 Å². The van der Waals surface area contributed by atoms with Crippen molar-refractivity contribution in [3.8, 4) is 0 Å². The normalized spacial score (nSPS) is 12.5. The molecule has 1 aromatic rings. The second-order valence-electron chi connectivity index (χ2n) is 4.43. The molecule has 0 spiro atoms. The van der Waals surface area contributed by atoms with E-state index in [1.165, 1.54) is 6.92 Å². The molecule has 2 N–H and O–H groups in total. The first-order valence-corrected chi connectivity index (χ1v) is 6.71. The number of likely N-dealkylation sites (N-methyl/N-ethyl adjacent to an activating group) is 1. The molecule has 6 heteroatoms. The Kier molecular flexibility index (Phi) is 6.58. The summed E-state index contributed by atoms with van der Waals surface area (Å²) in [6.07, 6.45) is -0.688. The summed E-state index contributed by atoms with van der Waals surface area (Å²) in [5.41, 5.74) is 0.650. The van der Waals surface area contributed by atoms with Crippen molar-refractivity contribution in [2.24, 2.45) is 0 Å². The van der Waals surface area contributed by atoms with Gasteiger partial charge in [-0.25, -0.2) is 0 Å². The maximum atomic E-state index is 10.7. The molecule has 106 valence electrons. The smallest absolute Gasteiger partial charge is 0.216 e. The van der Waals surface area contributed by atoms with Gasteiger partial charge in [0.15, 0.2) is 0 Å². The van der Waals surface area contributed by atoms with Crippen LogP contribution in [0.3, 0.4) is 0 Å². The summed E-state index contributed by atoms with van der Waals surface area (Å²) in [5, 5.41) is 13.8. The molecule has 0 aliphatic carbocycles. The lowest BCUT2D eigenvalue weighted by atomic mass is 10.1. The molecule has 0 saturated heterocycles. The van der Waals surface area contributed by atoms with Crippen LogP contribution < -0.4 is 5.32 Å². The van der Waals surface area contributed by atoms with Gasteiger partial charge in [0.1, 0.15) is 0 Å². The van der Waals surface area contributed by atoms with Gasteiger partial charge in [0.2, 0.25) is 5.91 Å². The first-order valence-electron chi connectivity index (χ1n) is 5.96. The number of aliphatic hydroxyl groups excluding tert-OH is 1. The molecule has 0 heterocycles. The van der Waals surface area contributed by atoms with Crippen molar-refractivity contribution in [1.29, 1.82) is 0 Å². The van der Waals surface area contributed by atoms with Crippen LogP contribution in [0.4, 0.5) is 0 Å². The van der Waals surface area contributed by atoms with Crippen LogP contribution in [-0.2, 0) is 4.79 Å².